The van der Waals surface area contributed by atoms with E-state index in [1.807, 2.05) is 30.8 Å². The molecule has 3 heteroatoms. The second-order valence-corrected chi connectivity index (χ2v) is 6.91. The normalized spacial score (nSPS) is 14.5. The van der Waals surface area contributed by atoms with Crippen molar-refractivity contribution in [1.29, 1.82) is 0 Å². The van der Waals surface area contributed by atoms with Crippen molar-refractivity contribution in [2.45, 2.75) is 57.6 Å². The van der Waals surface area contributed by atoms with Crippen LogP contribution >= 0.6 is 11.8 Å². The molecule has 0 aromatic heterocycles. The van der Waals surface area contributed by atoms with Crippen LogP contribution in [0, 0.1) is 5.92 Å². The number of hydrogen-bond donors (Lipinski definition) is 2. The van der Waals surface area contributed by atoms with E-state index in [9.17, 15) is 5.11 Å². The summed E-state index contributed by atoms with van der Waals surface area (Å²) in [5.74, 6) is 1.84. The predicted molar refractivity (Wildman–Crippen MR) is 89.3 cm³/mol. The number of hydrogen-bond acceptors (Lipinski definition) is 3. The molecule has 20 heavy (non-hydrogen) atoms. The maximum Gasteiger partial charge on any atom is 0.0940 e. The molecule has 0 aliphatic heterocycles. The molecule has 0 saturated carbocycles. The van der Waals surface area contributed by atoms with Crippen LogP contribution in [-0.4, -0.2) is 23.4 Å². The van der Waals surface area contributed by atoms with Crippen LogP contribution in [-0.2, 0) is 0 Å². The van der Waals surface area contributed by atoms with E-state index in [0.717, 1.165) is 24.3 Å². The van der Waals surface area contributed by atoms with Gasteiger partial charge in [-0.25, -0.2) is 0 Å². The SMILES string of the molecule is CCCCNC(C)C(O)c1ccc(SCC(C)C)cc1. The Morgan fingerprint density at radius 3 is 2.35 bits per heavy atom. The third kappa shape index (κ3) is 6.29. The van der Waals surface area contributed by atoms with E-state index in [4.69, 9.17) is 0 Å². The molecule has 0 saturated heterocycles. The van der Waals surface area contributed by atoms with Gasteiger partial charge >= 0.3 is 0 Å². The number of rotatable bonds is 9. The Labute approximate surface area is 128 Å². The second-order valence-electron chi connectivity index (χ2n) is 5.82. The molecule has 0 radical (unpaired) electrons. The first kappa shape index (κ1) is 17.5. The van der Waals surface area contributed by atoms with Gasteiger partial charge in [0.25, 0.3) is 0 Å². The van der Waals surface area contributed by atoms with Gasteiger partial charge in [-0.3, -0.25) is 0 Å². The zero-order valence-electron chi connectivity index (χ0n) is 13.2. The predicted octanol–water partition coefficient (Wildman–Crippen LogP) is 4.25. The average molecular weight is 295 g/mol. The van der Waals surface area contributed by atoms with Gasteiger partial charge < -0.3 is 10.4 Å². The smallest absolute Gasteiger partial charge is 0.0940 e. The summed E-state index contributed by atoms with van der Waals surface area (Å²) in [7, 11) is 0. The minimum Gasteiger partial charge on any atom is -0.387 e. The van der Waals surface area contributed by atoms with Crippen molar-refractivity contribution in [3.05, 3.63) is 29.8 Å². The molecule has 0 heterocycles. The molecule has 1 aromatic rings. The van der Waals surface area contributed by atoms with Crippen LogP contribution in [0.25, 0.3) is 0 Å². The summed E-state index contributed by atoms with van der Waals surface area (Å²) in [6.45, 7) is 9.65. The molecule has 0 aliphatic carbocycles. The van der Waals surface area contributed by atoms with Gasteiger partial charge in [-0.05, 0) is 43.5 Å². The van der Waals surface area contributed by atoms with Gasteiger partial charge in [0, 0.05) is 16.7 Å². The van der Waals surface area contributed by atoms with E-state index < -0.39 is 6.10 Å². The number of aliphatic hydroxyl groups is 1. The summed E-state index contributed by atoms with van der Waals surface area (Å²) in [6.07, 6.45) is 1.90. The van der Waals surface area contributed by atoms with Crippen LogP contribution in [0.3, 0.4) is 0 Å². The Morgan fingerprint density at radius 2 is 1.80 bits per heavy atom. The fourth-order valence-electron chi connectivity index (χ4n) is 1.93. The summed E-state index contributed by atoms with van der Waals surface area (Å²) in [4.78, 5) is 1.28. The standard InChI is InChI=1S/C17H29NOS/c1-5-6-11-18-14(4)17(19)15-7-9-16(10-8-15)20-12-13(2)3/h7-10,13-14,17-19H,5-6,11-12H2,1-4H3. The minimum absolute atomic E-state index is 0.0933. The third-order valence-electron chi connectivity index (χ3n) is 3.28. The topological polar surface area (TPSA) is 32.3 Å². The first-order valence-corrected chi connectivity index (χ1v) is 8.67. The molecule has 114 valence electrons. The van der Waals surface area contributed by atoms with Gasteiger partial charge in [-0.2, -0.15) is 0 Å². The van der Waals surface area contributed by atoms with E-state index in [1.165, 1.54) is 11.3 Å². The second kappa shape index (κ2) is 9.43. The Kier molecular flexibility index (Phi) is 8.27. The Bertz CT molecular complexity index is 364. The van der Waals surface area contributed by atoms with E-state index in [1.54, 1.807) is 0 Å². The van der Waals surface area contributed by atoms with Crippen LogP contribution in [0.2, 0.25) is 0 Å². The summed E-state index contributed by atoms with van der Waals surface area (Å²) >= 11 is 1.88. The molecule has 0 aliphatic rings. The maximum absolute atomic E-state index is 10.3. The number of nitrogens with one attached hydrogen (secondary N) is 1. The van der Waals surface area contributed by atoms with Gasteiger partial charge in [-0.1, -0.05) is 39.3 Å². The molecule has 1 aromatic carbocycles. The average Bonchev–Trinajstić information content (AvgIpc) is 2.45. The van der Waals surface area contributed by atoms with Crippen molar-refractivity contribution in [2.75, 3.05) is 12.3 Å². The molecule has 2 unspecified atom stereocenters. The monoisotopic (exact) mass is 295 g/mol. The molecule has 0 fully saturated rings. The highest BCUT2D eigenvalue weighted by Gasteiger charge is 2.15. The lowest BCUT2D eigenvalue weighted by atomic mass is 10.0. The van der Waals surface area contributed by atoms with Gasteiger partial charge in [0.15, 0.2) is 0 Å². The number of thioether (sulfide) groups is 1. The van der Waals surface area contributed by atoms with Crippen molar-refractivity contribution in [2.24, 2.45) is 5.92 Å². The van der Waals surface area contributed by atoms with Crippen LogP contribution < -0.4 is 5.32 Å². The molecular formula is C17H29NOS. The van der Waals surface area contributed by atoms with Crippen molar-refractivity contribution >= 4 is 11.8 Å². The van der Waals surface area contributed by atoms with Gasteiger partial charge in [0.1, 0.15) is 0 Å². The summed E-state index contributed by atoms with van der Waals surface area (Å²) in [5.41, 5.74) is 0.996. The Balaban J connectivity index is 2.49. The van der Waals surface area contributed by atoms with Gasteiger partial charge in [0.2, 0.25) is 0 Å². The fourth-order valence-corrected chi connectivity index (χ4v) is 2.79. The zero-order chi connectivity index (χ0) is 15.0. The summed E-state index contributed by atoms with van der Waals surface area (Å²) in [5, 5.41) is 13.7. The van der Waals surface area contributed by atoms with Gasteiger partial charge in [-0.15, -0.1) is 11.8 Å². The van der Waals surface area contributed by atoms with Crippen LogP contribution in [0.5, 0.6) is 0 Å². The quantitative estimate of drug-likeness (QED) is 0.528. The van der Waals surface area contributed by atoms with Crippen molar-refractivity contribution in [3.63, 3.8) is 0 Å². The number of benzene rings is 1. The van der Waals surface area contributed by atoms with Crippen molar-refractivity contribution in [1.82, 2.24) is 5.32 Å². The van der Waals surface area contributed by atoms with E-state index in [2.05, 4.69) is 38.2 Å². The van der Waals surface area contributed by atoms with Gasteiger partial charge in [0.05, 0.1) is 6.10 Å². The Morgan fingerprint density at radius 1 is 1.15 bits per heavy atom. The minimum atomic E-state index is -0.434. The number of aliphatic hydroxyl groups excluding tert-OH is 1. The lowest BCUT2D eigenvalue weighted by molar-refractivity contribution is 0.136. The maximum atomic E-state index is 10.3. The van der Waals surface area contributed by atoms with Crippen LogP contribution in [0.4, 0.5) is 0 Å². The highest BCUT2D eigenvalue weighted by Crippen LogP contribution is 2.24. The molecule has 0 bridgehead atoms. The largest absolute Gasteiger partial charge is 0.387 e. The molecule has 2 nitrogen and oxygen atoms in total. The van der Waals surface area contributed by atoms with E-state index in [-0.39, 0.29) is 6.04 Å². The fraction of sp³-hybridized carbons (Fsp3) is 0.647. The molecule has 0 spiro atoms. The van der Waals surface area contributed by atoms with Crippen molar-refractivity contribution < 1.29 is 5.11 Å². The lowest BCUT2D eigenvalue weighted by Crippen LogP contribution is -2.32. The summed E-state index contributed by atoms with van der Waals surface area (Å²) in [6, 6.07) is 8.42. The van der Waals surface area contributed by atoms with E-state index in [0.29, 0.717) is 5.92 Å². The highest BCUT2D eigenvalue weighted by molar-refractivity contribution is 7.99. The summed E-state index contributed by atoms with van der Waals surface area (Å²) < 4.78 is 0. The molecule has 1 rings (SSSR count). The Hall–Kier alpha value is -0.510. The number of unbranched alkanes of at least 4 members (excludes halogenated alkanes) is 1. The van der Waals surface area contributed by atoms with E-state index >= 15 is 0 Å². The molecule has 0 amide bonds. The molecule has 2 atom stereocenters. The molecular weight excluding hydrogens is 266 g/mol. The first-order chi connectivity index (χ1) is 9.54. The zero-order valence-corrected chi connectivity index (χ0v) is 14.0. The third-order valence-corrected chi connectivity index (χ3v) is 4.71. The van der Waals surface area contributed by atoms with Crippen molar-refractivity contribution in [3.8, 4) is 0 Å². The highest BCUT2D eigenvalue weighted by atomic mass is 32.2. The van der Waals surface area contributed by atoms with Crippen LogP contribution in [0.15, 0.2) is 29.2 Å². The first-order valence-electron chi connectivity index (χ1n) is 7.68. The van der Waals surface area contributed by atoms with Crippen LogP contribution in [0.1, 0.15) is 52.2 Å². The molecule has 2 N–H and O–H groups in total. The lowest BCUT2D eigenvalue weighted by Gasteiger charge is -2.21.